The number of allylic oxidation sites excluding steroid dienone is 1. The highest BCUT2D eigenvalue weighted by atomic mass is 16.5. The van der Waals surface area contributed by atoms with Crippen molar-refractivity contribution in [2.45, 2.75) is 41.5 Å². The van der Waals surface area contributed by atoms with Crippen LogP contribution in [0.1, 0.15) is 41.5 Å². The fourth-order valence-electron chi connectivity index (χ4n) is 0.393. The molecule has 0 aromatic rings. The molecule has 0 aliphatic rings. The van der Waals surface area contributed by atoms with E-state index in [-0.39, 0.29) is 11.9 Å². The minimum Gasteiger partial charge on any atom is -0.461 e. The zero-order valence-corrected chi connectivity index (χ0v) is 10.3. The van der Waals surface area contributed by atoms with E-state index in [1.165, 1.54) is 0 Å². The average Bonchev–Trinajstić information content (AvgIpc) is 2.03. The SMILES string of the molecule is C/C=C\COC(=O)C(C)C.CC(C)C. The van der Waals surface area contributed by atoms with Crippen LogP contribution in [0.3, 0.4) is 0 Å². The van der Waals surface area contributed by atoms with Crippen molar-refractivity contribution in [3.8, 4) is 0 Å². The van der Waals surface area contributed by atoms with Crippen molar-refractivity contribution in [1.29, 1.82) is 0 Å². The van der Waals surface area contributed by atoms with Gasteiger partial charge < -0.3 is 4.74 Å². The molecule has 2 nitrogen and oxygen atoms in total. The predicted octanol–water partition coefficient (Wildman–Crippen LogP) is 3.42. The Hall–Kier alpha value is -0.790. The third-order valence-electron chi connectivity index (χ3n) is 1.03. The third-order valence-corrected chi connectivity index (χ3v) is 1.03. The molecule has 0 aliphatic heterocycles. The van der Waals surface area contributed by atoms with E-state index in [9.17, 15) is 4.79 Å². The molecule has 0 amide bonds. The second-order valence-electron chi connectivity index (χ2n) is 4.09. The molecule has 84 valence electrons. The summed E-state index contributed by atoms with van der Waals surface area (Å²) in [6.07, 6.45) is 3.66. The Morgan fingerprint density at radius 3 is 1.93 bits per heavy atom. The van der Waals surface area contributed by atoms with Crippen molar-refractivity contribution in [3.05, 3.63) is 12.2 Å². The number of carbonyl (C=O) groups excluding carboxylic acids is 1. The van der Waals surface area contributed by atoms with Crippen LogP contribution in [0.15, 0.2) is 12.2 Å². The van der Waals surface area contributed by atoms with Crippen LogP contribution in [-0.4, -0.2) is 12.6 Å². The molecule has 0 atom stereocenters. The van der Waals surface area contributed by atoms with Crippen LogP contribution in [0, 0.1) is 11.8 Å². The molecule has 0 fully saturated rings. The maximum Gasteiger partial charge on any atom is 0.308 e. The molecule has 14 heavy (non-hydrogen) atoms. The minimum atomic E-state index is -0.141. The van der Waals surface area contributed by atoms with Crippen LogP contribution < -0.4 is 0 Å². The highest BCUT2D eigenvalue weighted by molar-refractivity contribution is 5.71. The molecule has 0 radical (unpaired) electrons. The van der Waals surface area contributed by atoms with Crippen molar-refractivity contribution in [2.75, 3.05) is 6.61 Å². The smallest absolute Gasteiger partial charge is 0.308 e. The number of carbonyl (C=O) groups is 1. The Kier molecular flexibility index (Phi) is 11.5. The molecular formula is C12H24O2. The summed E-state index contributed by atoms with van der Waals surface area (Å²) in [5, 5.41) is 0. The van der Waals surface area contributed by atoms with Gasteiger partial charge in [0.2, 0.25) is 0 Å². The Balaban J connectivity index is 0. The lowest BCUT2D eigenvalue weighted by Gasteiger charge is -2.02. The molecule has 0 rings (SSSR count). The summed E-state index contributed by atoms with van der Waals surface area (Å²) in [6.45, 7) is 12.4. The van der Waals surface area contributed by atoms with E-state index in [0.29, 0.717) is 6.61 Å². The van der Waals surface area contributed by atoms with Gasteiger partial charge in [0, 0.05) is 0 Å². The van der Waals surface area contributed by atoms with Gasteiger partial charge in [0.15, 0.2) is 0 Å². The van der Waals surface area contributed by atoms with Gasteiger partial charge >= 0.3 is 5.97 Å². The lowest BCUT2D eigenvalue weighted by Crippen LogP contribution is -2.11. The Morgan fingerprint density at radius 2 is 1.64 bits per heavy atom. The molecule has 0 bridgehead atoms. The fourth-order valence-corrected chi connectivity index (χ4v) is 0.393. The molecule has 0 heterocycles. The minimum absolute atomic E-state index is 0.0229. The van der Waals surface area contributed by atoms with Crippen LogP contribution in [-0.2, 0) is 9.53 Å². The summed E-state index contributed by atoms with van der Waals surface area (Å²) < 4.78 is 4.82. The topological polar surface area (TPSA) is 26.3 Å². The Bertz CT molecular complexity index is 155. The molecule has 0 unspecified atom stereocenters. The summed E-state index contributed by atoms with van der Waals surface area (Å²) >= 11 is 0. The zero-order chi connectivity index (χ0) is 11.6. The molecule has 2 heteroatoms. The van der Waals surface area contributed by atoms with Crippen LogP contribution in [0.25, 0.3) is 0 Å². The first kappa shape index (κ1) is 15.7. The Morgan fingerprint density at radius 1 is 1.21 bits per heavy atom. The standard InChI is InChI=1S/C8H14O2.C4H10/c1-4-5-6-10-8(9)7(2)3;1-4(2)3/h4-5,7H,6H2,1-3H3;4H,1-3H3/b5-4-;. The number of hydrogen-bond acceptors (Lipinski definition) is 2. The van der Waals surface area contributed by atoms with Gasteiger partial charge in [0.25, 0.3) is 0 Å². The second kappa shape index (κ2) is 10.3. The van der Waals surface area contributed by atoms with Gasteiger partial charge in [-0.2, -0.15) is 0 Å². The maximum atomic E-state index is 10.8. The molecular weight excluding hydrogens is 176 g/mol. The van der Waals surface area contributed by atoms with E-state index in [1.54, 1.807) is 6.08 Å². The van der Waals surface area contributed by atoms with Crippen LogP contribution in [0.2, 0.25) is 0 Å². The van der Waals surface area contributed by atoms with Gasteiger partial charge in [-0.05, 0) is 12.8 Å². The molecule has 0 spiro atoms. The fraction of sp³-hybridized carbons (Fsp3) is 0.750. The third kappa shape index (κ3) is 17.3. The molecule has 0 aromatic heterocycles. The molecule has 0 saturated carbocycles. The van der Waals surface area contributed by atoms with Gasteiger partial charge in [0.1, 0.15) is 6.61 Å². The highest BCUT2D eigenvalue weighted by Gasteiger charge is 2.05. The monoisotopic (exact) mass is 200 g/mol. The van der Waals surface area contributed by atoms with Crippen molar-refractivity contribution >= 4 is 5.97 Å². The average molecular weight is 200 g/mol. The van der Waals surface area contributed by atoms with Crippen molar-refractivity contribution in [2.24, 2.45) is 11.8 Å². The van der Waals surface area contributed by atoms with E-state index < -0.39 is 0 Å². The number of ether oxygens (including phenoxy) is 1. The van der Waals surface area contributed by atoms with Gasteiger partial charge in [-0.3, -0.25) is 4.79 Å². The van der Waals surface area contributed by atoms with Crippen molar-refractivity contribution in [1.82, 2.24) is 0 Å². The van der Waals surface area contributed by atoms with E-state index in [0.717, 1.165) is 5.92 Å². The highest BCUT2D eigenvalue weighted by Crippen LogP contribution is 1.94. The quantitative estimate of drug-likeness (QED) is 0.515. The summed E-state index contributed by atoms with van der Waals surface area (Å²) in [7, 11) is 0. The van der Waals surface area contributed by atoms with Gasteiger partial charge in [0.05, 0.1) is 5.92 Å². The number of rotatable bonds is 3. The van der Waals surface area contributed by atoms with Crippen molar-refractivity contribution in [3.63, 3.8) is 0 Å². The van der Waals surface area contributed by atoms with E-state index in [2.05, 4.69) is 20.8 Å². The summed E-state index contributed by atoms with van der Waals surface area (Å²) in [5.41, 5.74) is 0. The van der Waals surface area contributed by atoms with Gasteiger partial charge in [-0.1, -0.05) is 46.8 Å². The number of hydrogen-bond donors (Lipinski definition) is 0. The van der Waals surface area contributed by atoms with Crippen molar-refractivity contribution < 1.29 is 9.53 Å². The Labute approximate surface area is 88.3 Å². The predicted molar refractivity (Wildman–Crippen MR) is 61.1 cm³/mol. The van der Waals surface area contributed by atoms with Gasteiger partial charge in [-0.25, -0.2) is 0 Å². The largest absolute Gasteiger partial charge is 0.461 e. The second-order valence-corrected chi connectivity index (χ2v) is 4.09. The molecule has 0 saturated heterocycles. The van der Waals surface area contributed by atoms with E-state index in [1.807, 2.05) is 26.8 Å². The first-order chi connectivity index (χ1) is 6.41. The normalized spacial score (nSPS) is 10.3. The maximum absolute atomic E-state index is 10.8. The molecule has 0 aromatic carbocycles. The summed E-state index contributed by atoms with van der Waals surface area (Å²) in [5.74, 6) is 0.670. The lowest BCUT2D eigenvalue weighted by atomic mass is 10.2. The van der Waals surface area contributed by atoms with E-state index >= 15 is 0 Å². The van der Waals surface area contributed by atoms with Gasteiger partial charge in [-0.15, -0.1) is 0 Å². The number of esters is 1. The summed E-state index contributed by atoms with van der Waals surface area (Å²) in [4.78, 5) is 10.8. The molecule has 0 aliphatic carbocycles. The lowest BCUT2D eigenvalue weighted by molar-refractivity contribution is -0.146. The first-order valence-corrected chi connectivity index (χ1v) is 5.19. The molecule has 0 N–H and O–H groups in total. The zero-order valence-electron chi connectivity index (χ0n) is 10.3. The van der Waals surface area contributed by atoms with Crippen LogP contribution in [0.5, 0.6) is 0 Å². The van der Waals surface area contributed by atoms with Crippen LogP contribution in [0.4, 0.5) is 0 Å². The van der Waals surface area contributed by atoms with E-state index in [4.69, 9.17) is 4.74 Å². The van der Waals surface area contributed by atoms with Crippen LogP contribution >= 0.6 is 0 Å². The first-order valence-electron chi connectivity index (χ1n) is 5.19. The summed E-state index contributed by atoms with van der Waals surface area (Å²) in [6, 6.07) is 0.